The second kappa shape index (κ2) is 12.7. The Labute approximate surface area is 140 Å². The molecule has 0 bridgehead atoms. The minimum absolute atomic E-state index is 0.662. The zero-order chi connectivity index (χ0) is 17.7. The van der Waals surface area contributed by atoms with Crippen molar-refractivity contribution in [3.8, 4) is 5.75 Å². The van der Waals surface area contributed by atoms with E-state index in [2.05, 4.69) is 5.32 Å². The highest BCUT2D eigenvalue weighted by atomic mass is 35.5. The van der Waals surface area contributed by atoms with Gasteiger partial charge in [0, 0.05) is 25.3 Å². The molecule has 0 radical (unpaired) electrons. The van der Waals surface area contributed by atoms with Crippen LogP contribution in [0, 0.1) is 6.92 Å². The van der Waals surface area contributed by atoms with Gasteiger partial charge in [-0.3, -0.25) is 0 Å². The number of halogens is 1. The molecule has 0 aromatic heterocycles. The van der Waals surface area contributed by atoms with Crippen LogP contribution in [0.15, 0.2) is 18.2 Å². The predicted octanol–water partition coefficient (Wildman–Crippen LogP) is 1.81. The molecule has 0 aliphatic heterocycles. The fraction of sp³-hybridized carbons (Fsp3) is 0.467. The van der Waals surface area contributed by atoms with Crippen LogP contribution < -0.4 is 10.1 Å². The zero-order valence-corrected chi connectivity index (χ0v) is 13.9. The molecule has 0 heterocycles. The number of carbonyl (C=O) groups is 2. The number of aliphatic carboxylic acids is 2. The van der Waals surface area contributed by atoms with Crippen molar-refractivity contribution < 1.29 is 29.3 Å². The summed E-state index contributed by atoms with van der Waals surface area (Å²) in [5.74, 6) is -2.75. The first kappa shape index (κ1) is 21.2. The molecule has 0 aliphatic rings. The maximum atomic E-state index is 9.10. The lowest BCUT2D eigenvalue weighted by atomic mass is 10.2. The molecule has 7 nitrogen and oxygen atoms in total. The molecule has 0 unspecified atom stereocenters. The maximum Gasteiger partial charge on any atom is 0.414 e. The first-order chi connectivity index (χ1) is 10.9. The highest BCUT2D eigenvalue weighted by Crippen LogP contribution is 2.21. The van der Waals surface area contributed by atoms with Crippen molar-refractivity contribution in [3.05, 3.63) is 28.8 Å². The molecule has 0 spiro atoms. The van der Waals surface area contributed by atoms with Crippen molar-refractivity contribution in [1.82, 2.24) is 5.32 Å². The van der Waals surface area contributed by atoms with Crippen molar-refractivity contribution in [2.75, 3.05) is 33.4 Å². The molecule has 23 heavy (non-hydrogen) atoms. The summed E-state index contributed by atoms with van der Waals surface area (Å²) in [5.41, 5.74) is 1.07. The van der Waals surface area contributed by atoms with Crippen LogP contribution in [-0.2, 0) is 14.3 Å². The highest BCUT2D eigenvalue weighted by molar-refractivity contribution is 6.30. The monoisotopic (exact) mass is 347 g/mol. The van der Waals surface area contributed by atoms with Crippen molar-refractivity contribution in [3.63, 3.8) is 0 Å². The Morgan fingerprint density at radius 2 is 1.83 bits per heavy atom. The van der Waals surface area contributed by atoms with Crippen LogP contribution >= 0.6 is 11.6 Å². The number of hydrogen-bond acceptors (Lipinski definition) is 5. The standard InChI is InChI=1S/C13H20ClNO2.C2H2O4/c1-11-10-12(14)4-5-13(11)17-9-7-15-6-3-8-16-2;3-1(4)2(5)6/h4-5,10,15H,3,6-9H2,1-2H3;(H,3,4)(H,5,6). The Morgan fingerprint density at radius 1 is 1.17 bits per heavy atom. The summed E-state index contributed by atoms with van der Waals surface area (Å²) in [6.45, 7) is 5.25. The van der Waals surface area contributed by atoms with E-state index in [1.807, 2.05) is 25.1 Å². The van der Waals surface area contributed by atoms with Gasteiger partial charge in [0.15, 0.2) is 0 Å². The molecule has 130 valence electrons. The minimum atomic E-state index is -1.82. The number of ether oxygens (including phenoxy) is 2. The molecule has 0 aliphatic carbocycles. The van der Waals surface area contributed by atoms with Crippen LogP contribution in [0.3, 0.4) is 0 Å². The Kier molecular flexibility index (Phi) is 11.7. The van der Waals surface area contributed by atoms with E-state index in [1.165, 1.54) is 0 Å². The number of carboxylic acids is 2. The van der Waals surface area contributed by atoms with Gasteiger partial charge in [0.05, 0.1) is 0 Å². The van der Waals surface area contributed by atoms with Crippen molar-refractivity contribution in [2.45, 2.75) is 13.3 Å². The number of aryl methyl sites for hydroxylation is 1. The summed E-state index contributed by atoms with van der Waals surface area (Å²) >= 11 is 5.87. The third-order valence-electron chi connectivity index (χ3n) is 2.56. The van der Waals surface area contributed by atoms with E-state index in [1.54, 1.807) is 7.11 Å². The van der Waals surface area contributed by atoms with Crippen LogP contribution in [0.5, 0.6) is 5.75 Å². The molecule has 8 heteroatoms. The number of methoxy groups -OCH3 is 1. The number of rotatable bonds is 8. The second-order valence-corrected chi connectivity index (χ2v) is 4.90. The highest BCUT2D eigenvalue weighted by Gasteiger charge is 2.04. The molecule has 1 rings (SSSR count). The lowest BCUT2D eigenvalue weighted by Gasteiger charge is -2.10. The third kappa shape index (κ3) is 11.4. The zero-order valence-electron chi connectivity index (χ0n) is 13.2. The van der Waals surface area contributed by atoms with Gasteiger partial charge >= 0.3 is 11.9 Å². The van der Waals surface area contributed by atoms with Crippen LogP contribution in [0.2, 0.25) is 5.02 Å². The SMILES string of the molecule is COCCCNCCOc1ccc(Cl)cc1C.O=C(O)C(=O)O. The number of nitrogens with one attached hydrogen (secondary N) is 1. The van der Waals surface area contributed by atoms with Crippen LogP contribution in [0.25, 0.3) is 0 Å². The molecule has 0 fully saturated rings. The predicted molar refractivity (Wildman–Crippen MR) is 86.3 cm³/mol. The smallest absolute Gasteiger partial charge is 0.414 e. The van der Waals surface area contributed by atoms with Gasteiger partial charge in [0.1, 0.15) is 12.4 Å². The molecule has 0 amide bonds. The van der Waals surface area contributed by atoms with E-state index in [-0.39, 0.29) is 0 Å². The number of benzene rings is 1. The van der Waals surface area contributed by atoms with E-state index >= 15 is 0 Å². The van der Waals surface area contributed by atoms with Gasteiger partial charge in [-0.15, -0.1) is 0 Å². The van der Waals surface area contributed by atoms with Gasteiger partial charge in [-0.2, -0.15) is 0 Å². The lowest BCUT2D eigenvalue weighted by Crippen LogP contribution is -2.23. The number of hydrogen-bond donors (Lipinski definition) is 3. The van der Waals surface area contributed by atoms with Crippen LogP contribution in [0.4, 0.5) is 0 Å². The Balaban J connectivity index is 0.000000688. The molecular weight excluding hydrogens is 326 g/mol. The summed E-state index contributed by atoms with van der Waals surface area (Å²) in [4.78, 5) is 18.2. The topological polar surface area (TPSA) is 105 Å². The van der Waals surface area contributed by atoms with Gasteiger partial charge in [0.2, 0.25) is 0 Å². The quantitative estimate of drug-likeness (QED) is 0.486. The van der Waals surface area contributed by atoms with E-state index < -0.39 is 11.9 Å². The fourth-order valence-corrected chi connectivity index (χ4v) is 1.70. The average molecular weight is 348 g/mol. The van der Waals surface area contributed by atoms with Crippen LogP contribution in [-0.4, -0.2) is 55.6 Å². The lowest BCUT2D eigenvalue weighted by molar-refractivity contribution is -0.159. The fourth-order valence-electron chi connectivity index (χ4n) is 1.47. The van der Waals surface area contributed by atoms with Gasteiger partial charge < -0.3 is 25.0 Å². The largest absolute Gasteiger partial charge is 0.492 e. The van der Waals surface area contributed by atoms with Gasteiger partial charge in [-0.25, -0.2) is 9.59 Å². The molecule has 0 saturated heterocycles. The Morgan fingerprint density at radius 3 is 2.35 bits per heavy atom. The van der Waals surface area contributed by atoms with E-state index in [0.717, 1.165) is 42.5 Å². The maximum absolute atomic E-state index is 9.10. The van der Waals surface area contributed by atoms with E-state index in [0.29, 0.717) is 6.61 Å². The summed E-state index contributed by atoms with van der Waals surface area (Å²) in [7, 11) is 1.71. The minimum Gasteiger partial charge on any atom is -0.492 e. The first-order valence-electron chi connectivity index (χ1n) is 6.93. The average Bonchev–Trinajstić information content (AvgIpc) is 2.48. The molecule has 1 aromatic rings. The van der Waals surface area contributed by atoms with Gasteiger partial charge in [-0.1, -0.05) is 11.6 Å². The van der Waals surface area contributed by atoms with Crippen molar-refractivity contribution in [2.24, 2.45) is 0 Å². The Bertz CT molecular complexity index is 483. The second-order valence-electron chi connectivity index (χ2n) is 4.46. The molecule has 0 saturated carbocycles. The van der Waals surface area contributed by atoms with Crippen molar-refractivity contribution >= 4 is 23.5 Å². The Hall–Kier alpha value is -1.83. The van der Waals surface area contributed by atoms with Gasteiger partial charge in [0.25, 0.3) is 0 Å². The third-order valence-corrected chi connectivity index (χ3v) is 2.79. The number of carboxylic acid groups (broad SMARTS) is 2. The summed E-state index contributed by atoms with van der Waals surface area (Å²) in [5, 5.41) is 18.8. The van der Waals surface area contributed by atoms with E-state index in [4.69, 9.17) is 40.9 Å². The molecule has 3 N–H and O–H groups in total. The summed E-state index contributed by atoms with van der Waals surface area (Å²) in [6, 6.07) is 5.65. The summed E-state index contributed by atoms with van der Waals surface area (Å²) < 4.78 is 10.6. The van der Waals surface area contributed by atoms with Gasteiger partial charge in [-0.05, 0) is 43.7 Å². The molecular formula is C15H22ClNO6. The molecule has 1 aromatic carbocycles. The summed E-state index contributed by atoms with van der Waals surface area (Å²) in [6.07, 6.45) is 1.02. The first-order valence-corrected chi connectivity index (χ1v) is 7.31. The van der Waals surface area contributed by atoms with Crippen molar-refractivity contribution in [1.29, 1.82) is 0 Å². The normalized spacial score (nSPS) is 9.70. The van der Waals surface area contributed by atoms with E-state index in [9.17, 15) is 0 Å². The van der Waals surface area contributed by atoms with Crippen LogP contribution in [0.1, 0.15) is 12.0 Å². The molecule has 0 atom stereocenters.